The molecule has 0 radical (unpaired) electrons. The van der Waals surface area contributed by atoms with Gasteiger partial charge in [-0.1, -0.05) is 45.6 Å². The van der Waals surface area contributed by atoms with E-state index >= 15 is 0 Å². The van der Waals surface area contributed by atoms with Crippen molar-refractivity contribution in [3.05, 3.63) is 36.6 Å². The van der Waals surface area contributed by atoms with E-state index < -0.39 is 0 Å². The molecule has 23 heavy (non-hydrogen) atoms. The maximum Gasteiger partial charge on any atom is 0.0907 e. The fourth-order valence-corrected chi connectivity index (χ4v) is 3.11. The summed E-state index contributed by atoms with van der Waals surface area (Å²) in [6, 6.07) is 0.607. The highest BCUT2D eigenvalue weighted by molar-refractivity contribution is 5.89. The van der Waals surface area contributed by atoms with Gasteiger partial charge in [0.2, 0.25) is 0 Å². The topological polar surface area (TPSA) is 28.0 Å². The first kappa shape index (κ1) is 19.4. The lowest BCUT2D eigenvalue weighted by Crippen LogP contribution is -2.36. The highest BCUT2D eigenvalue weighted by Crippen LogP contribution is 2.25. The van der Waals surface area contributed by atoms with E-state index in [4.69, 9.17) is 4.99 Å². The summed E-state index contributed by atoms with van der Waals surface area (Å²) >= 11 is 0. The summed E-state index contributed by atoms with van der Waals surface area (Å²) in [6.45, 7) is 12.5. The van der Waals surface area contributed by atoms with Gasteiger partial charge in [0.1, 0.15) is 0 Å². The molecule has 0 saturated heterocycles. The monoisotopic (exact) mass is 315 g/mol. The third-order valence-corrected chi connectivity index (χ3v) is 4.47. The second-order valence-electron chi connectivity index (χ2n) is 6.26. The van der Waals surface area contributed by atoms with Gasteiger partial charge in [-0.3, -0.25) is 4.99 Å². The molecule has 0 amide bonds. The van der Waals surface area contributed by atoms with Crippen molar-refractivity contribution in [1.82, 2.24) is 4.90 Å². The zero-order valence-electron chi connectivity index (χ0n) is 15.5. The molecule has 1 aliphatic heterocycles. The van der Waals surface area contributed by atoms with E-state index in [-0.39, 0.29) is 6.04 Å². The summed E-state index contributed by atoms with van der Waals surface area (Å²) in [7, 11) is 2.08. The van der Waals surface area contributed by atoms with Crippen LogP contribution >= 0.6 is 0 Å². The van der Waals surface area contributed by atoms with Gasteiger partial charge in [-0.2, -0.15) is 0 Å². The number of rotatable bonds is 9. The van der Waals surface area contributed by atoms with Gasteiger partial charge in [0.05, 0.1) is 18.4 Å². The molecule has 3 unspecified atom stereocenters. The normalized spacial score (nSPS) is 21.2. The van der Waals surface area contributed by atoms with Crippen LogP contribution in [0, 0.1) is 5.92 Å². The van der Waals surface area contributed by atoms with Crippen molar-refractivity contribution in [3.8, 4) is 0 Å². The third kappa shape index (κ3) is 5.81. The van der Waals surface area contributed by atoms with Crippen molar-refractivity contribution in [2.45, 2.75) is 65.5 Å². The van der Waals surface area contributed by atoms with Crippen LogP contribution in [0.2, 0.25) is 0 Å². The molecule has 0 aromatic heterocycles. The van der Waals surface area contributed by atoms with E-state index in [9.17, 15) is 0 Å². The van der Waals surface area contributed by atoms with Crippen LogP contribution < -0.4 is 0 Å². The molecule has 128 valence electrons. The van der Waals surface area contributed by atoms with Crippen molar-refractivity contribution in [1.29, 1.82) is 0 Å². The summed E-state index contributed by atoms with van der Waals surface area (Å²) in [5, 5.41) is 0. The fourth-order valence-electron chi connectivity index (χ4n) is 3.11. The molecule has 0 bridgehead atoms. The second-order valence-corrected chi connectivity index (χ2v) is 6.26. The van der Waals surface area contributed by atoms with Gasteiger partial charge in [0, 0.05) is 25.4 Å². The van der Waals surface area contributed by atoms with Crippen molar-refractivity contribution >= 4 is 12.1 Å². The van der Waals surface area contributed by atoms with Gasteiger partial charge < -0.3 is 4.90 Å². The number of allylic oxidation sites excluding steroid dienone is 3. The first-order valence-electron chi connectivity index (χ1n) is 8.82. The standard InChI is InChI=1S/C20H33N3/c1-7-10-11-12-16(4)19-14-13-18(17(5)22-19)20(8-2)23(6)15-21-9-3/h9-11,13,15-17,20H,3,7-8,12,14H2,1-2,4-6H3. The number of likely N-dealkylation sites (N-methyl/N-ethyl adjacent to an activating group) is 1. The summed E-state index contributed by atoms with van der Waals surface area (Å²) < 4.78 is 0. The van der Waals surface area contributed by atoms with Crippen LogP contribution in [0.3, 0.4) is 0 Å². The van der Waals surface area contributed by atoms with Crippen LogP contribution in [0.5, 0.6) is 0 Å². The van der Waals surface area contributed by atoms with Crippen molar-refractivity contribution < 1.29 is 0 Å². The number of aliphatic imine (C=N–C) groups is 2. The number of hydrogen-bond donors (Lipinski definition) is 0. The van der Waals surface area contributed by atoms with Gasteiger partial charge in [0.15, 0.2) is 0 Å². The highest BCUT2D eigenvalue weighted by Gasteiger charge is 2.24. The molecule has 0 aliphatic carbocycles. The van der Waals surface area contributed by atoms with Crippen LogP contribution in [0.1, 0.15) is 53.4 Å². The summed E-state index contributed by atoms with van der Waals surface area (Å²) in [5.41, 5.74) is 2.74. The molecule has 1 aliphatic rings. The van der Waals surface area contributed by atoms with Crippen LogP contribution in [-0.4, -0.2) is 36.1 Å². The number of dihydropyridines is 1. The van der Waals surface area contributed by atoms with Gasteiger partial charge in [-0.25, -0.2) is 4.99 Å². The lowest BCUT2D eigenvalue weighted by atomic mass is 9.89. The second kappa shape index (κ2) is 10.2. The van der Waals surface area contributed by atoms with E-state index in [0.717, 1.165) is 25.7 Å². The maximum absolute atomic E-state index is 5.00. The van der Waals surface area contributed by atoms with Gasteiger partial charge in [-0.15, -0.1) is 0 Å². The average molecular weight is 316 g/mol. The van der Waals surface area contributed by atoms with Crippen LogP contribution in [0.4, 0.5) is 0 Å². The molecule has 0 fully saturated rings. The molecule has 3 atom stereocenters. The smallest absolute Gasteiger partial charge is 0.0907 e. The SMILES string of the molecule is C=CN=CN(C)C(CC)C1=CCC(C(C)CC=CCC)=NC1C. The van der Waals surface area contributed by atoms with Gasteiger partial charge in [0.25, 0.3) is 0 Å². The van der Waals surface area contributed by atoms with Crippen molar-refractivity contribution in [2.75, 3.05) is 7.05 Å². The molecule has 0 saturated carbocycles. The lowest BCUT2D eigenvalue weighted by Gasteiger charge is -2.32. The van der Waals surface area contributed by atoms with E-state index in [1.54, 1.807) is 6.20 Å². The minimum absolute atomic E-state index is 0.251. The van der Waals surface area contributed by atoms with E-state index in [2.05, 4.69) is 69.4 Å². The summed E-state index contributed by atoms with van der Waals surface area (Å²) in [5.74, 6) is 0.526. The minimum Gasteiger partial charge on any atom is -0.359 e. The molecule has 3 nitrogen and oxygen atoms in total. The Kier molecular flexibility index (Phi) is 8.60. The van der Waals surface area contributed by atoms with E-state index in [1.807, 2.05) is 6.34 Å². The number of nitrogens with zero attached hydrogens (tertiary/aromatic N) is 3. The molecule has 0 aromatic rings. The molecule has 0 spiro atoms. The maximum atomic E-state index is 5.00. The predicted molar refractivity (Wildman–Crippen MR) is 103 cm³/mol. The quantitative estimate of drug-likeness (QED) is 0.333. The van der Waals surface area contributed by atoms with E-state index in [0.29, 0.717) is 12.0 Å². The van der Waals surface area contributed by atoms with Crippen LogP contribution in [0.25, 0.3) is 0 Å². The Hall–Kier alpha value is -1.64. The molecule has 0 aromatic carbocycles. The minimum atomic E-state index is 0.251. The van der Waals surface area contributed by atoms with Crippen LogP contribution in [-0.2, 0) is 0 Å². The Balaban J connectivity index is 2.77. The molecular weight excluding hydrogens is 282 g/mol. The molecule has 3 heteroatoms. The zero-order valence-corrected chi connectivity index (χ0v) is 15.5. The Bertz CT molecular complexity index is 485. The molecule has 0 N–H and O–H groups in total. The van der Waals surface area contributed by atoms with E-state index in [1.165, 1.54) is 11.3 Å². The average Bonchev–Trinajstić information content (AvgIpc) is 2.55. The fraction of sp³-hybridized carbons (Fsp3) is 0.600. The molecular formula is C20H33N3. The summed E-state index contributed by atoms with van der Waals surface area (Å²) in [6.07, 6.45) is 14.6. The highest BCUT2D eigenvalue weighted by atomic mass is 15.2. The number of hydrogen-bond acceptors (Lipinski definition) is 2. The zero-order chi connectivity index (χ0) is 17.2. The van der Waals surface area contributed by atoms with Gasteiger partial charge in [-0.05, 0) is 37.7 Å². The van der Waals surface area contributed by atoms with Crippen molar-refractivity contribution in [3.63, 3.8) is 0 Å². The Morgan fingerprint density at radius 2 is 2.17 bits per heavy atom. The lowest BCUT2D eigenvalue weighted by molar-refractivity contribution is 0.393. The first-order valence-corrected chi connectivity index (χ1v) is 8.82. The van der Waals surface area contributed by atoms with Gasteiger partial charge >= 0.3 is 0 Å². The van der Waals surface area contributed by atoms with Crippen LogP contribution in [0.15, 0.2) is 46.6 Å². The Labute approximate surface area is 142 Å². The summed E-state index contributed by atoms with van der Waals surface area (Å²) in [4.78, 5) is 11.3. The Morgan fingerprint density at radius 1 is 1.43 bits per heavy atom. The third-order valence-electron chi connectivity index (χ3n) is 4.47. The Morgan fingerprint density at radius 3 is 2.74 bits per heavy atom. The largest absolute Gasteiger partial charge is 0.359 e. The van der Waals surface area contributed by atoms with Crippen molar-refractivity contribution in [2.24, 2.45) is 15.9 Å². The predicted octanol–water partition coefficient (Wildman–Crippen LogP) is 5.02. The molecule has 1 rings (SSSR count). The first-order chi connectivity index (χ1) is 11.0. The molecule has 1 heterocycles.